The lowest BCUT2D eigenvalue weighted by Crippen LogP contribution is -2.43. The van der Waals surface area contributed by atoms with Crippen molar-refractivity contribution in [2.75, 3.05) is 26.2 Å². The number of nitrogens with zero attached hydrogens (tertiary/aromatic N) is 2. The average Bonchev–Trinajstić information content (AvgIpc) is 2.89. The van der Waals surface area contributed by atoms with E-state index in [1.165, 1.54) is 11.1 Å². The SMILES string of the molecule is Cc1ccc(-c2cnc(CN3CCNCC3)[nH]2)cc1. The van der Waals surface area contributed by atoms with Crippen LogP contribution in [0.4, 0.5) is 0 Å². The van der Waals surface area contributed by atoms with Crippen molar-refractivity contribution < 1.29 is 0 Å². The molecule has 3 rings (SSSR count). The van der Waals surface area contributed by atoms with Gasteiger partial charge in [-0.15, -0.1) is 0 Å². The Morgan fingerprint density at radius 1 is 1.16 bits per heavy atom. The molecule has 0 amide bonds. The van der Waals surface area contributed by atoms with E-state index < -0.39 is 0 Å². The van der Waals surface area contributed by atoms with Crippen molar-refractivity contribution in [3.8, 4) is 11.3 Å². The number of hydrogen-bond donors (Lipinski definition) is 2. The summed E-state index contributed by atoms with van der Waals surface area (Å²) in [7, 11) is 0. The zero-order valence-corrected chi connectivity index (χ0v) is 11.3. The van der Waals surface area contributed by atoms with Crippen molar-refractivity contribution in [1.29, 1.82) is 0 Å². The fourth-order valence-corrected chi connectivity index (χ4v) is 2.40. The molecule has 0 spiro atoms. The molecule has 0 radical (unpaired) electrons. The zero-order valence-electron chi connectivity index (χ0n) is 11.3. The van der Waals surface area contributed by atoms with Crippen LogP contribution in [-0.2, 0) is 6.54 Å². The van der Waals surface area contributed by atoms with Crippen LogP contribution in [0, 0.1) is 6.92 Å². The van der Waals surface area contributed by atoms with E-state index in [0.29, 0.717) is 0 Å². The van der Waals surface area contributed by atoms with Gasteiger partial charge in [-0.1, -0.05) is 29.8 Å². The van der Waals surface area contributed by atoms with Gasteiger partial charge < -0.3 is 10.3 Å². The Morgan fingerprint density at radius 2 is 1.89 bits per heavy atom. The molecule has 4 nitrogen and oxygen atoms in total. The highest BCUT2D eigenvalue weighted by molar-refractivity contribution is 5.58. The van der Waals surface area contributed by atoms with E-state index in [9.17, 15) is 0 Å². The van der Waals surface area contributed by atoms with E-state index in [4.69, 9.17) is 0 Å². The Labute approximate surface area is 113 Å². The van der Waals surface area contributed by atoms with Crippen molar-refractivity contribution in [3.63, 3.8) is 0 Å². The maximum atomic E-state index is 4.49. The van der Waals surface area contributed by atoms with Gasteiger partial charge in [-0.3, -0.25) is 4.90 Å². The number of piperazine rings is 1. The minimum Gasteiger partial charge on any atom is -0.341 e. The number of benzene rings is 1. The van der Waals surface area contributed by atoms with Gasteiger partial charge >= 0.3 is 0 Å². The number of aromatic amines is 1. The quantitative estimate of drug-likeness (QED) is 0.880. The van der Waals surface area contributed by atoms with Crippen LogP contribution in [0.2, 0.25) is 0 Å². The predicted octanol–water partition coefficient (Wildman–Crippen LogP) is 1.79. The smallest absolute Gasteiger partial charge is 0.120 e. The van der Waals surface area contributed by atoms with E-state index in [2.05, 4.69) is 51.4 Å². The summed E-state index contributed by atoms with van der Waals surface area (Å²) in [6.07, 6.45) is 1.93. The van der Waals surface area contributed by atoms with Crippen molar-refractivity contribution in [2.24, 2.45) is 0 Å². The Hall–Kier alpha value is -1.65. The van der Waals surface area contributed by atoms with Gasteiger partial charge in [0.25, 0.3) is 0 Å². The fourth-order valence-electron chi connectivity index (χ4n) is 2.40. The summed E-state index contributed by atoms with van der Waals surface area (Å²) in [5, 5.41) is 3.36. The van der Waals surface area contributed by atoms with Crippen molar-refractivity contribution in [2.45, 2.75) is 13.5 Å². The molecule has 0 aliphatic carbocycles. The van der Waals surface area contributed by atoms with Crippen molar-refractivity contribution >= 4 is 0 Å². The molecule has 2 N–H and O–H groups in total. The van der Waals surface area contributed by atoms with Gasteiger partial charge in [-0.2, -0.15) is 0 Å². The van der Waals surface area contributed by atoms with Crippen LogP contribution < -0.4 is 5.32 Å². The molecule has 0 atom stereocenters. The third-order valence-electron chi connectivity index (χ3n) is 3.57. The Kier molecular flexibility index (Phi) is 3.62. The van der Waals surface area contributed by atoms with E-state index in [1.54, 1.807) is 0 Å². The molecule has 1 fully saturated rings. The summed E-state index contributed by atoms with van der Waals surface area (Å²) < 4.78 is 0. The van der Waals surface area contributed by atoms with Gasteiger partial charge in [-0.05, 0) is 12.5 Å². The highest BCUT2D eigenvalue weighted by atomic mass is 15.2. The number of aryl methyl sites for hydroxylation is 1. The molecule has 2 aromatic rings. The number of hydrogen-bond acceptors (Lipinski definition) is 3. The summed E-state index contributed by atoms with van der Waals surface area (Å²) in [5.74, 6) is 1.05. The van der Waals surface area contributed by atoms with E-state index in [-0.39, 0.29) is 0 Å². The first kappa shape index (κ1) is 12.4. The first-order valence-corrected chi connectivity index (χ1v) is 6.85. The summed E-state index contributed by atoms with van der Waals surface area (Å²) in [6.45, 7) is 7.36. The fraction of sp³-hybridized carbons (Fsp3) is 0.400. The second-order valence-electron chi connectivity index (χ2n) is 5.14. The summed E-state index contributed by atoms with van der Waals surface area (Å²) >= 11 is 0. The number of rotatable bonds is 3. The minimum absolute atomic E-state index is 0.910. The first-order valence-electron chi connectivity index (χ1n) is 6.85. The lowest BCUT2D eigenvalue weighted by molar-refractivity contribution is 0.228. The molecule has 100 valence electrons. The second-order valence-corrected chi connectivity index (χ2v) is 5.14. The van der Waals surface area contributed by atoms with Crippen molar-refractivity contribution in [3.05, 3.63) is 41.9 Å². The Morgan fingerprint density at radius 3 is 2.63 bits per heavy atom. The standard InChI is InChI=1S/C15H20N4/c1-12-2-4-13(5-3-12)14-10-17-15(18-14)11-19-8-6-16-7-9-19/h2-5,10,16H,6-9,11H2,1H3,(H,17,18). The normalized spacial score (nSPS) is 16.7. The van der Waals surface area contributed by atoms with Crippen LogP contribution in [0.3, 0.4) is 0 Å². The van der Waals surface area contributed by atoms with Gasteiger partial charge in [-0.25, -0.2) is 4.98 Å². The molecule has 0 bridgehead atoms. The summed E-state index contributed by atoms with van der Waals surface area (Å²) in [4.78, 5) is 10.3. The lowest BCUT2D eigenvalue weighted by Gasteiger charge is -2.26. The molecule has 1 aliphatic rings. The van der Waals surface area contributed by atoms with Crippen LogP contribution >= 0.6 is 0 Å². The average molecular weight is 256 g/mol. The molecule has 1 aromatic carbocycles. The Bertz CT molecular complexity index is 523. The van der Waals surface area contributed by atoms with Gasteiger partial charge in [0.15, 0.2) is 0 Å². The van der Waals surface area contributed by atoms with Gasteiger partial charge in [0.2, 0.25) is 0 Å². The van der Waals surface area contributed by atoms with E-state index in [0.717, 1.165) is 44.2 Å². The van der Waals surface area contributed by atoms with Crippen molar-refractivity contribution in [1.82, 2.24) is 20.2 Å². The predicted molar refractivity (Wildman–Crippen MR) is 76.9 cm³/mol. The van der Waals surface area contributed by atoms with Crippen LogP contribution in [-0.4, -0.2) is 41.0 Å². The molecular formula is C15H20N4. The molecule has 2 heterocycles. The molecular weight excluding hydrogens is 236 g/mol. The molecule has 1 aliphatic heterocycles. The van der Waals surface area contributed by atoms with Crippen LogP contribution in [0.15, 0.2) is 30.5 Å². The number of imidazole rings is 1. The topological polar surface area (TPSA) is 44.0 Å². The molecule has 1 aromatic heterocycles. The van der Waals surface area contributed by atoms with E-state index >= 15 is 0 Å². The largest absolute Gasteiger partial charge is 0.341 e. The van der Waals surface area contributed by atoms with E-state index in [1.807, 2.05) is 6.20 Å². The van der Waals surface area contributed by atoms with Crippen LogP contribution in [0.5, 0.6) is 0 Å². The number of aromatic nitrogens is 2. The lowest BCUT2D eigenvalue weighted by atomic mass is 10.1. The molecule has 4 heteroatoms. The monoisotopic (exact) mass is 256 g/mol. The zero-order chi connectivity index (χ0) is 13.1. The maximum Gasteiger partial charge on any atom is 0.120 e. The molecule has 1 saturated heterocycles. The number of nitrogens with one attached hydrogen (secondary N) is 2. The third-order valence-corrected chi connectivity index (χ3v) is 3.57. The highest BCUT2D eigenvalue weighted by Gasteiger charge is 2.12. The highest BCUT2D eigenvalue weighted by Crippen LogP contribution is 2.18. The summed E-state index contributed by atoms with van der Waals surface area (Å²) in [6, 6.07) is 8.53. The third kappa shape index (κ3) is 3.03. The molecule has 19 heavy (non-hydrogen) atoms. The molecule has 0 saturated carbocycles. The summed E-state index contributed by atoms with van der Waals surface area (Å²) in [5.41, 5.74) is 3.58. The van der Waals surface area contributed by atoms with Gasteiger partial charge in [0, 0.05) is 26.2 Å². The number of H-pyrrole nitrogens is 1. The minimum atomic E-state index is 0.910. The van der Waals surface area contributed by atoms with Crippen LogP contribution in [0.25, 0.3) is 11.3 Å². The van der Waals surface area contributed by atoms with Crippen LogP contribution in [0.1, 0.15) is 11.4 Å². The van der Waals surface area contributed by atoms with Gasteiger partial charge in [0.05, 0.1) is 18.4 Å². The molecule has 0 unspecified atom stereocenters. The Balaban J connectivity index is 1.70. The first-order chi connectivity index (χ1) is 9.31. The maximum absolute atomic E-state index is 4.49. The second kappa shape index (κ2) is 5.55. The van der Waals surface area contributed by atoms with Gasteiger partial charge in [0.1, 0.15) is 5.82 Å².